The molecule has 0 rings (SSSR count). The number of nitrogens with two attached hydrogens (primary N) is 1. The fourth-order valence-electron chi connectivity index (χ4n) is 0.487. The molecule has 0 unspecified atom stereocenters. The summed E-state index contributed by atoms with van der Waals surface area (Å²) in [6.07, 6.45) is 2.02. The molecular weight excluding hydrogens is 130 g/mol. The van der Waals surface area contributed by atoms with Gasteiger partial charge in [0.1, 0.15) is 0 Å². The minimum absolute atomic E-state index is 0.201. The molecule has 0 aliphatic rings. The Hall–Kier alpha value is -0.700. The van der Waals surface area contributed by atoms with Gasteiger partial charge in [-0.15, -0.1) is 0 Å². The summed E-state index contributed by atoms with van der Waals surface area (Å²) < 4.78 is 0. The van der Waals surface area contributed by atoms with Crippen LogP contribution in [-0.2, 0) is 9.59 Å². The lowest BCUT2D eigenvalue weighted by atomic mass is 9.99. The fraction of sp³-hybridized carbons (Fsp3) is 0.714. The molecule has 0 aromatic carbocycles. The Kier molecular flexibility index (Phi) is 3.22. The third-order valence-corrected chi connectivity index (χ3v) is 1.11. The SMILES string of the molecule is CC(C)(N)CCC(=O)[C]=O. The highest BCUT2D eigenvalue weighted by molar-refractivity contribution is 6.25. The van der Waals surface area contributed by atoms with E-state index in [1.54, 1.807) is 0 Å². The van der Waals surface area contributed by atoms with Crippen LogP contribution in [0, 0.1) is 0 Å². The third-order valence-electron chi connectivity index (χ3n) is 1.11. The second-order valence-corrected chi connectivity index (χ2v) is 3.01. The van der Waals surface area contributed by atoms with E-state index in [1.807, 2.05) is 13.8 Å². The first-order chi connectivity index (χ1) is 4.45. The van der Waals surface area contributed by atoms with E-state index in [-0.39, 0.29) is 12.0 Å². The molecule has 0 saturated heterocycles. The van der Waals surface area contributed by atoms with Crippen LogP contribution >= 0.6 is 0 Å². The van der Waals surface area contributed by atoms with E-state index in [4.69, 9.17) is 5.73 Å². The van der Waals surface area contributed by atoms with Crippen molar-refractivity contribution in [1.82, 2.24) is 0 Å². The lowest BCUT2D eigenvalue weighted by molar-refractivity contribution is -0.113. The Labute approximate surface area is 60.6 Å². The van der Waals surface area contributed by atoms with E-state index >= 15 is 0 Å². The highest BCUT2D eigenvalue weighted by atomic mass is 16.2. The van der Waals surface area contributed by atoms with Gasteiger partial charge in [-0.3, -0.25) is 9.59 Å². The van der Waals surface area contributed by atoms with Crippen LogP contribution in [0.1, 0.15) is 26.7 Å². The van der Waals surface area contributed by atoms with E-state index < -0.39 is 5.78 Å². The van der Waals surface area contributed by atoms with Crippen LogP contribution in [0.4, 0.5) is 0 Å². The Morgan fingerprint density at radius 1 is 1.60 bits per heavy atom. The first-order valence-corrected chi connectivity index (χ1v) is 3.15. The minimum atomic E-state index is -0.501. The van der Waals surface area contributed by atoms with Gasteiger partial charge >= 0.3 is 0 Å². The predicted molar refractivity (Wildman–Crippen MR) is 38.2 cm³/mol. The second-order valence-electron chi connectivity index (χ2n) is 3.01. The van der Waals surface area contributed by atoms with E-state index in [1.165, 1.54) is 6.29 Å². The second kappa shape index (κ2) is 3.46. The molecule has 0 aliphatic carbocycles. The minimum Gasteiger partial charge on any atom is -0.326 e. The number of carbonyl (C=O) groups is 1. The van der Waals surface area contributed by atoms with Crippen LogP contribution in [0.2, 0.25) is 0 Å². The Bertz CT molecular complexity index is 135. The summed E-state index contributed by atoms with van der Waals surface area (Å²) in [7, 11) is 0. The molecule has 0 amide bonds. The molecule has 3 nitrogen and oxygen atoms in total. The Morgan fingerprint density at radius 3 is 2.40 bits per heavy atom. The van der Waals surface area contributed by atoms with Gasteiger partial charge < -0.3 is 5.73 Å². The molecule has 0 bridgehead atoms. The van der Waals surface area contributed by atoms with Gasteiger partial charge in [0, 0.05) is 12.0 Å². The summed E-state index contributed by atoms with van der Waals surface area (Å²) in [5.74, 6) is -0.501. The number of hydrogen-bond acceptors (Lipinski definition) is 3. The van der Waals surface area contributed by atoms with Gasteiger partial charge in [0.15, 0.2) is 0 Å². The van der Waals surface area contributed by atoms with Gasteiger partial charge in [0.05, 0.1) is 0 Å². The van der Waals surface area contributed by atoms with Crippen molar-refractivity contribution >= 4 is 12.1 Å². The summed E-state index contributed by atoms with van der Waals surface area (Å²) in [6, 6.07) is 0. The molecule has 0 aromatic heterocycles. The molecule has 0 fully saturated rings. The van der Waals surface area contributed by atoms with Gasteiger partial charge in [-0.1, -0.05) is 0 Å². The third kappa shape index (κ3) is 5.44. The van der Waals surface area contributed by atoms with Crippen LogP contribution < -0.4 is 5.73 Å². The van der Waals surface area contributed by atoms with Crippen molar-refractivity contribution < 1.29 is 9.59 Å². The Balaban J connectivity index is 3.55. The number of Topliss-reactive ketones (excluding diaryl/α,β-unsaturated/α-hetero) is 1. The molecule has 1 radical (unpaired) electrons. The maximum atomic E-state index is 10.4. The lowest BCUT2D eigenvalue weighted by Gasteiger charge is -2.16. The molecule has 57 valence electrons. The first-order valence-electron chi connectivity index (χ1n) is 3.15. The molecular formula is C7H12NO2. The van der Waals surface area contributed by atoms with Gasteiger partial charge in [0.25, 0.3) is 6.29 Å². The maximum absolute atomic E-state index is 10.4. The monoisotopic (exact) mass is 142 g/mol. The average molecular weight is 142 g/mol. The van der Waals surface area contributed by atoms with Gasteiger partial charge in [-0.25, -0.2) is 0 Å². The van der Waals surface area contributed by atoms with Crippen LogP contribution in [0.25, 0.3) is 0 Å². The van der Waals surface area contributed by atoms with Crippen LogP contribution in [-0.4, -0.2) is 17.6 Å². The topological polar surface area (TPSA) is 60.2 Å². The molecule has 3 heteroatoms. The summed E-state index contributed by atoms with van der Waals surface area (Å²) in [5, 5.41) is 0. The van der Waals surface area contributed by atoms with E-state index in [2.05, 4.69) is 0 Å². The smallest absolute Gasteiger partial charge is 0.272 e. The van der Waals surface area contributed by atoms with Crippen LogP contribution in [0.15, 0.2) is 0 Å². The van der Waals surface area contributed by atoms with Crippen molar-refractivity contribution in [2.45, 2.75) is 32.2 Å². The summed E-state index contributed by atoms with van der Waals surface area (Å²) in [5.41, 5.74) is 5.19. The molecule has 0 heterocycles. The van der Waals surface area contributed by atoms with Crippen LogP contribution in [0.5, 0.6) is 0 Å². The van der Waals surface area contributed by atoms with Crippen LogP contribution in [0.3, 0.4) is 0 Å². The molecule has 0 spiro atoms. The zero-order valence-electron chi connectivity index (χ0n) is 6.31. The van der Waals surface area contributed by atoms with Crippen molar-refractivity contribution in [3.05, 3.63) is 0 Å². The molecule has 0 atom stereocenters. The molecule has 0 aromatic rings. The first kappa shape index (κ1) is 9.30. The summed E-state index contributed by atoms with van der Waals surface area (Å²) in [6.45, 7) is 3.62. The van der Waals surface area contributed by atoms with E-state index in [9.17, 15) is 9.59 Å². The standard InChI is InChI=1S/C7H12NO2/c1-7(2,8)4-3-6(10)5-9/h3-4,8H2,1-2H3. The van der Waals surface area contributed by atoms with Crippen molar-refractivity contribution in [1.29, 1.82) is 0 Å². The van der Waals surface area contributed by atoms with Gasteiger partial charge in [-0.2, -0.15) is 0 Å². The number of carbonyl (C=O) groups excluding carboxylic acids is 2. The molecule has 0 saturated carbocycles. The average Bonchev–Trinajstić information content (AvgIpc) is 1.81. The number of ketones is 1. The lowest BCUT2D eigenvalue weighted by Crippen LogP contribution is -2.32. The zero-order chi connectivity index (χ0) is 8.20. The van der Waals surface area contributed by atoms with E-state index in [0.29, 0.717) is 6.42 Å². The van der Waals surface area contributed by atoms with Crippen molar-refractivity contribution in [2.75, 3.05) is 0 Å². The van der Waals surface area contributed by atoms with Gasteiger partial charge in [-0.05, 0) is 20.3 Å². The van der Waals surface area contributed by atoms with E-state index in [0.717, 1.165) is 0 Å². The summed E-state index contributed by atoms with van der Waals surface area (Å²) >= 11 is 0. The summed E-state index contributed by atoms with van der Waals surface area (Å²) in [4.78, 5) is 20.1. The largest absolute Gasteiger partial charge is 0.326 e. The predicted octanol–water partition coefficient (Wildman–Crippen LogP) is 0.183. The van der Waals surface area contributed by atoms with Crippen molar-refractivity contribution in [3.63, 3.8) is 0 Å². The van der Waals surface area contributed by atoms with Crippen molar-refractivity contribution in [3.8, 4) is 0 Å². The maximum Gasteiger partial charge on any atom is 0.272 e. The Morgan fingerprint density at radius 2 is 2.10 bits per heavy atom. The highest BCUT2D eigenvalue weighted by Crippen LogP contribution is 2.06. The normalized spacial score (nSPS) is 11.1. The van der Waals surface area contributed by atoms with Crippen molar-refractivity contribution in [2.24, 2.45) is 5.73 Å². The molecule has 10 heavy (non-hydrogen) atoms. The quantitative estimate of drug-likeness (QED) is 0.570. The molecule has 0 aliphatic heterocycles. The number of rotatable bonds is 4. The van der Waals surface area contributed by atoms with Gasteiger partial charge in [0.2, 0.25) is 5.78 Å². The fourth-order valence-corrected chi connectivity index (χ4v) is 0.487. The highest BCUT2D eigenvalue weighted by Gasteiger charge is 2.12. The molecule has 2 N–H and O–H groups in total. The number of hydrogen-bond donors (Lipinski definition) is 1. The zero-order valence-corrected chi connectivity index (χ0v) is 6.31.